The third-order valence-electron chi connectivity index (χ3n) is 4.82. The highest BCUT2D eigenvalue weighted by Gasteiger charge is 2.35. The lowest BCUT2D eigenvalue weighted by molar-refractivity contribution is -0.00235. The quantitative estimate of drug-likeness (QED) is 0.917. The second kappa shape index (κ2) is 6.24. The van der Waals surface area contributed by atoms with E-state index in [1.807, 2.05) is 7.05 Å². The molecular formula is C17H27N3O. The molecule has 1 atom stereocenters. The fourth-order valence-electron chi connectivity index (χ4n) is 3.74. The summed E-state index contributed by atoms with van der Waals surface area (Å²) in [5, 5.41) is 3.38. The molecule has 4 nitrogen and oxygen atoms in total. The minimum absolute atomic E-state index is 0.246. The Bertz CT molecular complexity index is 465. The average Bonchev–Trinajstić information content (AvgIpc) is 2.52. The lowest BCUT2D eigenvalue weighted by Gasteiger charge is -2.45. The molecule has 2 aliphatic heterocycles. The van der Waals surface area contributed by atoms with Crippen molar-refractivity contribution in [3.8, 4) is 0 Å². The Labute approximate surface area is 128 Å². The zero-order valence-corrected chi connectivity index (χ0v) is 13.3. The van der Waals surface area contributed by atoms with Crippen molar-refractivity contribution < 1.29 is 4.74 Å². The van der Waals surface area contributed by atoms with E-state index in [9.17, 15) is 0 Å². The van der Waals surface area contributed by atoms with Gasteiger partial charge in [0.05, 0.1) is 18.0 Å². The molecule has 0 aromatic heterocycles. The molecule has 0 amide bonds. The Hall–Kier alpha value is -1.26. The fraction of sp³-hybridized carbons (Fsp3) is 0.647. The molecule has 0 aliphatic carbocycles. The summed E-state index contributed by atoms with van der Waals surface area (Å²) in [6, 6.07) is 8.75. The average molecular weight is 289 g/mol. The normalized spacial score (nSPS) is 25.8. The van der Waals surface area contributed by atoms with Crippen LogP contribution in [0.15, 0.2) is 24.3 Å². The number of anilines is 2. The van der Waals surface area contributed by atoms with Crippen LogP contribution in [0.3, 0.4) is 0 Å². The maximum absolute atomic E-state index is 5.81. The first-order valence-electron chi connectivity index (χ1n) is 8.02. The summed E-state index contributed by atoms with van der Waals surface area (Å²) in [7, 11) is 4.23. The van der Waals surface area contributed by atoms with Gasteiger partial charge in [0.2, 0.25) is 0 Å². The Morgan fingerprint density at radius 2 is 2.05 bits per heavy atom. The Morgan fingerprint density at radius 3 is 2.76 bits per heavy atom. The van der Waals surface area contributed by atoms with Crippen LogP contribution in [-0.2, 0) is 4.74 Å². The number of rotatable bonds is 4. The molecule has 3 rings (SSSR count). The van der Waals surface area contributed by atoms with Crippen molar-refractivity contribution in [1.29, 1.82) is 0 Å². The van der Waals surface area contributed by atoms with Gasteiger partial charge < -0.3 is 19.9 Å². The SMILES string of the molecule is CNCC1(CN2CCN(C)c3ccccc32)CCCOC1. The smallest absolute Gasteiger partial charge is 0.0604 e. The minimum Gasteiger partial charge on any atom is -0.381 e. The summed E-state index contributed by atoms with van der Waals surface area (Å²) in [6.45, 7) is 6.10. The van der Waals surface area contributed by atoms with Gasteiger partial charge in [0.15, 0.2) is 0 Å². The zero-order valence-electron chi connectivity index (χ0n) is 13.3. The van der Waals surface area contributed by atoms with Gasteiger partial charge in [-0.3, -0.25) is 0 Å². The van der Waals surface area contributed by atoms with Crippen LogP contribution in [0.25, 0.3) is 0 Å². The lowest BCUT2D eigenvalue weighted by Crippen LogP contribution is -2.51. The number of nitrogens with one attached hydrogen (secondary N) is 1. The van der Waals surface area contributed by atoms with Crippen LogP contribution in [-0.4, -0.2) is 53.5 Å². The van der Waals surface area contributed by atoms with E-state index < -0.39 is 0 Å². The Kier molecular flexibility index (Phi) is 4.36. The van der Waals surface area contributed by atoms with Gasteiger partial charge in [0.25, 0.3) is 0 Å². The summed E-state index contributed by atoms with van der Waals surface area (Å²) in [6.07, 6.45) is 2.43. The van der Waals surface area contributed by atoms with Gasteiger partial charge in [-0.05, 0) is 32.0 Å². The number of hydrogen-bond donors (Lipinski definition) is 1. The third kappa shape index (κ3) is 3.01. The van der Waals surface area contributed by atoms with E-state index in [2.05, 4.69) is 46.4 Å². The highest BCUT2D eigenvalue weighted by atomic mass is 16.5. The summed E-state index contributed by atoms with van der Waals surface area (Å²) in [5.41, 5.74) is 2.96. The van der Waals surface area contributed by atoms with E-state index in [-0.39, 0.29) is 5.41 Å². The van der Waals surface area contributed by atoms with Crippen LogP contribution >= 0.6 is 0 Å². The molecule has 1 N–H and O–H groups in total. The summed E-state index contributed by atoms with van der Waals surface area (Å²) in [5.74, 6) is 0. The number of para-hydroxylation sites is 2. The minimum atomic E-state index is 0.246. The summed E-state index contributed by atoms with van der Waals surface area (Å²) < 4.78 is 5.81. The molecular weight excluding hydrogens is 262 g/mol. The number of hydrogen-bond acceptors (Lipinski definition) is 4. The van der Waals surface area contributed by atoms with E-state index in [1.165, 1.54) is 24.2 Å². The second-order valence-corrected chi connectivity index (χ2v) is 6.52. The number of benzene rings is 1. The second-order valence-electron chi connectivity index (χ2n) is 6.52. The number of nitrogens with zero attached hydrogens (tertiary/aromatic N) is 2. The molecule has 116 valence electrons. The fourth-order valence-corrected chi connectivity index (χ4v) is 3.74. The molecule has 4 heteroatoms. The van der Waals surface area contributed by atoms with Crippen molar-refractivity contribution in [3.63, 3.8) is 0 Å². The topological polar surface area (TPSA) is 27.7 Å². The van der Waals surface area contributed by atoms with E-state index in [0.717, 1.165) is 39.4 Å². The Balaban J connectivity index is 1.82. The molecule has 1 aromatic carbocycles. The third-order valence-corrected chi connectivity index (χ3v) is 4.82. The van der Waals surface area contributed by atoms with Gasteiger partial charge in [-0.25, -0.2) is 0 Å². The molecule has 2 heterocycles. The molecule has 0 radical (unpaired) electrons. The van der Waals surface area contributed by atoms with Crippen molar-refractivity contribution in [2.75, 3.05) is 63.3 Å². The number of ether oxygens (including phenoxy) is 1. The first-order valence-corrected chi connectivity index (χ1v) is 8.02. The molecule has 1 aromatic rings. The summed E-state index contributed by atoms with van der Waals surface area (Å²) >= 11 is 0. The number of fused-ring (bicyclic) bond motifs is 1. The van der Waals surface area contributed by atoms with Crippen LogP contribution in [0.1, 0.15) is 12.8 Å². The molecule has 1 saturated heterocycles. The highest BCUT2D eigenvalue weighted by Crippen LogP contribution is 2.36. The van der Waals surface area contributed by atoms with E-state index in [4.69, 9.17) is 4.74 Å². The van der Waals surface area contributed by atoms with Gasteiger partial charge >= 0.3 is 0 Å². The number of likely N-dealkylation sites (N-methyl/N-ethyl adjacent to an activating group) is 1. The van der Waals surface area contributed by atoms with Gasteiger partial charge in [-0.15, -0.1) is 0 Å². The molecule has 0 bridgehead atoms. The first-order chi connectivity index (χ1) is 10.2. The van der Waals surface area contributed by atoms with Gasteiger partial charge in [0, 0.05) is 45.2 Å². The summed E-state index contributed by atoms with van der Waals surface area (Å²) in [4.78, 5) is 4.91. The van der Waals surface area contributed by atoms with Crippen molar-refractivity contribution >= 4 is 11.4 Å². The van der Waals surface area contributed by atoms with Crippen LogP contribution in [0.5, 0.6) is 0 Å². The maximum Gasteiger partial charge on any atom is 0.0604 e. The van der Waals surface area contributed by atoms with Crippen LogP contribution < -0.4 is 15.1 Å². The predicted octanol–water partition coefficient (Wildman–Crippen LogP) is 1.96. The van der Waals surface area contributed by atoms with E-state index in [0.29, 0.717) is 0 Å². The lowest BCUT2D eigenvalue weighted by atomic mass is 9.81. The molecule has 2 aliphatic rings. The van der Waals surface area contributed by atoms with Gasteiger partial charge in [-0.1, -0.05) is 12.1 Å². The van der Waals surface area contributed by atoms with Gasteiger partial charge in [-0.2, -0.15) is 0 Å². The first kappa shape index (κ1) is 14.7. The highest BCUT2D eigenvalue weighted by molar-refractivity contribution is 5.73. The van der Waals surface area contributed by atoms with E-state index >= 15 is 0 Å². The van der Waals surface area contributed by atoms with Crippen molar-refractivity contribution in [2.24, 2.45) is 5.41 Å². The molecule has 21 heavy (non-hydrogen) atoms. The molecule has 0 saturated carbocycles. The van der Waals surface area contributed by atoms with Crippen molar-refractivity contribution in [3.05, 3.63) is 24.3 Å². The molecule has 1 fully saturated rings. The molecule has 0 spiro atoms. The monoisotopic (exact) mass is 289 g/mol. The molecule has 1 unspecified atom stereocenters. The van der Waals surface area contributed by atoms with Crippen molar-refractivity contribution in [2.45, 2.75) is 12.8 Å². The van der Waals surface area contributed by atoms with E-state index in [1.54, 1.807) is 0 Å². The Morgan fingerprint density at radius 1 is 1.24 bits per heavy atom. The largest absolute Gasteiger partial charge is 0.381 e. The van der Waals surface area contributed by atoms with Gasteiger partial charge in [0.1, 0.15) is 0 Å². The van der Waals surface area contributed by atoms with Crippen LogP contribution in [0.2, 0.25) is 0 Å². The van der Waals surface area contributed by atoms with Crippen molar-refractivity contribution in [1.82, 2.24) is 5.32 Å². The zero-order chi connectivity index (χ0) is 14.7. The van der Waals surface area contributed by atoms with Crippen LogP contribution in [0.4, 0.5) is 11.4 Å². The maximum atomic E-state index is 5.81. The predicted molar refractivity (Wildman–Crippen MR) is 88.3 cm³/mol. The standard InChI is InChI=1S/C17H27N3O/c1-18-12-17(8-5-11-21-14-17)13-20-10-9-19(2)15-6-3-4-7-16(15)20/h3-4,6-7,18H,5,8-14H2,1-2H3. The van der Waals surface area contributed by atoms with Crippen LogP contribution in [0, 0.1) is 5.41 Å².